The van der Waals surface area contributed by atoms with Crippen molar-refractivity contribution in [2.75, 3.05) is 6.54 Å². The maximum absolute atomic E-state index is 4.06. The van der Waals surface area contributed by atoms with Gasteiger partial charge in [0.05, 0.1) is 6.33 Å². The molecule has 1 unspecified atom stereocenters. The van der Waals surface area contributed by atoms with Crippen LogP contribution in [-0.2, 0) is 19.4 Å². The van der Waals surface area contributed by atoms with Crippen molar-refractivity contribution in [3.8, 4) is 0 Å². The van der Waals surface area contributed by atoms with Gasteiger partial charge in [0, 0.05) is 36.0 Å². The van der Waals surface area contributed by atoms with Crippen molar-refractivity contribution < 1.29 is 0 Å². The number of fused-ring (bicyclic) bond motifs is 1. The highest BCUT2D eigenvalue weighted by Crippen LogP contribution is 2.24. The number of halogens is 1. The Labute approximate surface area is 122 Å². The summed E-state index contributed by atoms with van der Waals surface area (Å²) in [5, 5.41) is 3.66. The van der Waals surface area contributed by atoms with E-state index in [1.807, 2.05) is 18.7 Å². The minimum absolute atomic E-state index is 0.609. The van der Waals surface area contributed by atoms with Crippen LogP contribution in [0, 0.1) is 0 Å². The van der Waals surface area contributed by atoms with Crippen molar-refractivity contribution in [1.29, 1.82) is 0 Å². The molecule has 1 heterocycles. The molecule has 1 aliphatic rings. The second-order valence-electron chi connectivity index (χ2n) is 5.11. The van der Waals surface area contributed by atoms with Crippen LogP contribution in [0.15, 0.2) is 41.4 Å². The molecule has 0 saturated carbocycles. The van der Waals surface area contributed by atoms with Crippen LogP contribution in [-0.4, -0.2) is 22.1 Å². The standard InChI is InChI=1S/C15H18BrN3/c16-14-3-1-13-10-15(4-2-12(13)9-14)18-6-8-19-7-5-17-11-19/h1,3,5,7,9,11,15,18H,2,4,6,8,10H2. The molecule has 4 heteroatoms. The Kier molecular flexibility index (Phi) is 3.99. The minimum Gasteiger partial charge on any atom is -0.336 e. The van der Waals surface area contributed by atoms with Crippen LogP contribution in [0.25, 0.3) is 0 Å². The lowest BCUT2D eigenvalue weighted by Gasteiger charge is -2.26. The van der Waals surface area contributed by atoms with Crippen molar-refractivity contribution >= 4 is 15.9 Å². The van der Waals surface area contributed by atoms with Crippen molar-refractivity contribution in [1.82, 2.24) is 14.9 Å². The van der Waals surface area contributed by atoms with Crippen molar-refractivity contribution in [2.24, 2.45) is 0 Å². The molecule has 0 aliphatic heterocycles. The summed E-state index contributed by atoms with van der Waals surface area (Å²) >= 11 is 3.55. The molecule has 3 nitrogen and oxygen atoms in total. The summed E-state index contributed by atoms with van der Waals surface area (Å²) < 4.78 is 3.30. The van der Waals surface area contributed by atoms with Crippen LogP contribution in [0.1, 0.15) is 17.5 Å². The molecule has 1 N–H and O–H groups in total. The van der Waals surface area contributed by atoms with Gasteiger partial charge in [-0.25, -0.2) is 4.98 Å². The molecular weight excluding hydrogens is 302 g/mol. The first-order chi connectivity index (χ1) is 9.31. The number of hydrogen-bond donors (Lipinski definition) is 1. The normalized spacial score (nSPS) is 18.3. The van der Waals surface area contributed by atoms with E-state index in [4.69, 9.17) is 0 Å². The van der Waals surface area contributed by atoms with E-state index >= 15 is 0 Å². The van der Waals surface area contributed by atoms with E-state index in [1.54, 1.807) is 0 Å². The van der Waals surface area contributed by atoms with Gasteiger partial charge < -0.3 is 9.88 Å². The van der Waals surface area contributed by atoms with E-state index in [1.165, 1.54) is 28.4 Å². The quantitative estimate of drug-likeness (QED) is 0.939. The lowest BCUT2D eigenvalue weighted by atomic mass is 9.88. The summed E-state index contributed by atoms with van der Waals surface area (Å²) in [7, 11) is 0. The Morgan fingerprint density at radius 2 is 2.32 bits per heavy atom. The monoisotopic (exact) mass is 319 g/mol. The minimum atomic E-state index is 0.609. The van der Waals surface area contributed by atoms with Crippen LogP contribution in [0.5, 0.6) is 0 Å². The fraction of sp³-hybridized carbons (Fsp3) is 0.400. The maximum atomic E-state index is 4.06. The average Bonchev–Trinajstić information content (AvgIpc) is 2.92. The summed E-state index contributed by atoms with van der Waals surface area (Å²) in [5.41, 5.74) is 3.00. The van der Waals surface area contributed by atoms with Gasteiger partial charge in [0.25, 0.3) is 0 Å². The average molecular weight is 320 g/mol. The van der Waals surface area contributed by atoms with Gasteiger partial charge in [-0.05, 0) is 42.5 Å². The van der Waals surface area contributed by atoms with E-state index in [9.17, 15) is 0 Å². The Balaban J connectivity index is 1.53. The van der Waals surface area contributed by atoms with Gasteiger partial charge >= 0.3 is 0 Å². The first-order valence-electron chi connectivity index (χ1n) is 6.78. The first kappa shape index (κ1) is 12.9. The molecule has 3 rings (SSSR count). The summed E-state index contributed by atoms with van der Waals surface area (Å²) in [6, 6.07) is 7.27. The molecule has 0 amide bonds. The fourth-order valence-electron chi connectivity index (χ4n) is 2.71. The number of nitrogens with zero attached hydrogens (tertiary/aromatic N) is 2. The zero-order valence-electron chi connectivity index (χ0n) is 10.8. The molecule has 1 atom stereocenters. The van der Waals surface area contributed by atoms with Gasteiger partial charge in [0.15, 0.2) is 0 Å². The highest BCUT2D eigenvalue weighted by molar-refractivity contribution is 9.10. The molecule has 2 aromatic rings. The molecule has 100 valence electrons. The Hall–Kier alpha value is -1.13. The maximum Gasteiger partial charge on any atom is 0.0946 e. The number of rotatable bonds is 4. The molecule has 0 saturated heterocycles. The first-order valence-corrected chi connectivity index (χ1v) is 7.57. The molecule has 0 radical (unpaired) electrons. The summed E-state index contributed by atoms with van der Waals surface area (Å²) in [4.78, 5) is 4.06. The van der Waals surface area contributed by atoms with Crippen LogP contribution in [0.4, 0.5) is 0 Å². The van der Waals surface area contributed by atoms with E-state index in [0.29, 0.717) is 6.04 Å². The molecule has 1 aromatic carbocycles. The third kappa shape index (κ3) is 3.25. The van der Waals surface area contributed by atoms with Crippen LogP contribution < -0.4 is 5.32 Å². The zero-order chi connectivity index (χ0) is 13.1. The van der Waals surface area contributed by atoms with Crippen molar-refractivity contribution in [3.05, 3.63) is 52.5 Å². The van der Waals surface area contributed by atoms with Gasteiger partial charge in [-0.15, -0.1) is 0 Å². The largest absolute Gasteiger partial charge is 0.336 e. The number of imidazole rings is 1. The fourth-order valence-corrected chi connectivity index (χ4v) is 3.12. The van der Waals surface area contributed by atoms with E-state index in [2.05, 4.69) is 49.0 Å². The Bertz CT molecular complexity index is 536. The summed E-state index contributed by atoms with van der Waals surface area (Å²) in [6.07, 6.45) is 9.26. The van der Waals surface area contributed by atoms with Crippen LogP contribution in [0.2, 0.25) is 0 Å². The van der Waals surface area contributed by atoms with E-state index < -0.39 is 0 Å². The molecule has 0 spiro atoms. The van der Waals surface area contributed by atoms with Gasteiger partial charge in [0.2, 0.25) is 0 Å². The predicted octanol–water partition coefficient (Wildman–Crippen LogP) is 2.79. The number of hydrogen-bond acceptors (Lipinski definition) is 2. The second-order valence-corrected chi connectivity index (χ2v) is 6.02. The SMILES string of the molecule is Brc1ccc2c(c1)CCC(NCCn1ccnc1)C2. The molecular formula is C15H18BrN3. The molecule has 1 aromatic heterocycles. The lowest BCUT2D eigenvalue weighted by molar-refractivity contribution is 0.444. The molecule has 0 fully saturated rings. The van der Waals surface area contributed by atoms with Crippen molar-refractivity contribution in [3.63, 3.8) is 0 Å². The molecule has 1 aliphatic carbocycles. The van der Waals surface area contributed by atoms with E-state index in [-0.39, 0.29) is 0 Å². The third-order valence-corrected chi connectivity index (χ3v) is 4.25. The number of aromatic nitrogens is 2. The van der Waals surface area contributed by atoms with Gasteiger partial charge in [0.1, 0.15) is 0 Å². The van der Waals surface area contributed by atoms with Gasteiger partial charge in [-0.3, -0.25) is 0 Å². The number of nitrogens with one attached hydrogen (secondary N) is 1. The second kappa shape index (κ2) is 5.88. The lowest BCUT2D eigenvalue weighted by Crippen LogP contribution is -2.36. The smallest absolute Gasteiger partial charge is 0.0946 e. The third-order valence-electron chi connectivity index (χ3n) is 3.76. The Morgan fingerprint density at radius 3 is 3.16 bits per heavy atom. The molecule has 19 heavy (non-hydrogen) atoms. The summed E-state index contributed by atoms with van der Waals surface area (Å²) in [5.74, 6) is 0. The van der Waals surface area contributed by atoms with Crippen LogP contribution >= 0.6 is 15.9 Å². The van der Waals surface area contributed by atoms with E-state index in [0.717, 1.165) is 19.5 Å². The predicted molar refractivity (Wildman–Crippen MR) is 80.2 cm³/mol. The number of benzene rings is 1. The summed E-state index contributed by atoms with van der Waals surface area (Å²) in [6.45, 7) is 2.00. The number of aryl methyl sites for hydroxylation is 1. The highest BCUT2D eigenvalue weighted by Gasteiger charge is 2.17. The molecule has 0 bridgehead atoms. The van der Waals surface area contributed by atoms with Gasteiger partial charge in [-0.2, -0.15) is 0 Å². The highest BCUT2D eigenvalue weighted by atomic mass is 79.9. The topological polar surface area (TPSA) is 29.9 Å². The van der Waals surface area contributed by atoms with Crippen LogP contribution in [0.3, 0.4) is 0 Å². The van der Waals surface area contributed by atoms with Gasteiger partial charge in [-0.1, -0.05) is 22.0 Å². The van der Waals surface area contributed by atoms with Crippen molar-refractivity contribution in [2.45, 2.75) is 31.8 Å². The Morgan fingerprint density at radius 1 is 1.37 bits per heavy atom. The zero-order valence-corrected chi connectivity index (χ0v) is 12.4.